The molecular formula is C7H10N2O. The maximum absolute atomic E-state index is 6.92. The van der Waals surface area contributed by atoms with Crippen molar-refractivity contribution >= 4 is 5.82 Å². The van der Waals surface area contributed by atoms with Gasteiger partial charge in [0.15, 0.2) is 0 Å². The Morgan fingerprint density at radius 2 is 2.60 bits per heavy atom. The number of anilines is 1. The number of pyridine rings is 1. The van der Waals surface area contributed by atoms with Crippen molar-refractivity contribution in [2.45, 2.75) is 0 Å². The van der Waals surface area contributed by atoms with Gasteiger partial charge in [0.25, 0.3) is 0 Å². The second kappa shape index (κ2) is 3.06. The lowest BCUT2D eigenvalue weighted by Crippen LogP contribution is -1.91. The maximum Gasteiger partial charge on any atom is 0.137 e. The van der Waals surface area contributed by atoms with Crippen molar-refractivity contribution < 1.29 is 8.85 Å². The molecule has 3 heteroatoms. The highest BCUT2D eigenvalue weighted by Gasteiger charge is 1.89. The quantitative estimate of drug-likeness (QED) is 0.670. The molecule has 0 saturated carbocycles. The summed E-state index contributed by atoms with van der Waals surface area (Å²) >= 11 is 0. The standard InChI is InChI=1S/C7H10N2O/c1-8-7-4-3-6(10-2)5-9-7/h3-5H,1-2H3,(H,8,9)/i1D3. The van der Waals surface area contributed by atoms with Gasteiger partial charge in [-0.2, -0.15) is 0 Å². The Morgan fingerprint density at radius 3 is 3.10 bits per heavy atom. The zero-order valence-corrected chi connectivity index (χ0v) is 5.59. The van der Waals surface area contributed by atoms with Crippen molar-refractivity contribution in [2.24, 2.45) is 0 Å². The minimum absolute atomic E-state index is 0.306. The Labute approximate surface area is 64.3 Å². The van der Waals surface area contributed by atoms with Crippen LogP contribution in [0.25, 0.3) is 0 Å². The fourth-order valence-corrected chi connectivity index (χ4v) is 0.575. The number of hydrogen-bond acceptors (Lipinski definition) is 3. The molecule has 0 bridgehead atoms. The summed E-state index contributed by atoms with van der Waals surface area (Å²) in [6, 6.07) is 3.19. The highest BCUT2D eigenvalue weighted by atomic mass is 16.5. The molecular weight excluding hydrogens is 128 g/mol. The molecule has 0 aliphatic heterocycles. The van der Waals surface area contributed by atoms with Crippen LogP contribution in [0.3, 0.4) is 0 Å². The third-order valence-corrected chi connectivity index (χ3v) is 1.10. The third kappa shape index (κ3) is 1.37. The lowest BCUT2D eigenvalue weighted by atomic mass is 10.4. The Kier molecular flexibility index (Phi) is 1.16. The van der Waals surface area contributed by atoms with Gasteiger partial charge < -0.3 is 10.1 Å². The van der Waals surface area contributed by atoms with Gasteiger partial charge in [-0.1, -0.05) is 0 Å². The van der Waals surface area contributed by atoms with Gasteiger partial charge in [0, 0.05) is 11.1 Å². The van der Waals surface area contributed by atoms with E-state index in [1.54, 1.807) is 12.1 Å². The van der Waals surface area contributed by atoms with Crippen LogP contribution in [-0.4, -0.2) is 19.1 Å². The summed E-state index contributed by atoms with van der Waals surface area (Å²) in [6.45, 7) is -2.21. The molecule has 0 aromatic carbocycles. The largest absolute Gasteiger partial charge is 0.495 e. The molecule has 0 amide bonds. The van der Waals surface area contributed by atoms with Gasteiger partial charge in [-0.3, -0.25) is 0 Å². The summed E-state index contributed by atoms with van der Waals surface area (Å²) in [5.41, 5.74) is 0. The fraction of sp³-hybridized carbons (Fsp3) is 0.286. The minimum Gasteiger partial charge on any atom is -0.495 e. The molecule has 0 unspecified atom stereocenters. The van der Waals surface area contributed by atoms with Gasteiger partial charge in [0.05, 0.1) is 13.3 Å². The molecule has 10 heavy (non-hydrogen) atoms. The van der Waals surface area contributed by atoms with Gasteiger partial charge in [-0.15, -0.1) is 0 Å². The number of nitrogens with one attached hydrogen (secondary N) is 1. The van der Waals surface area contributed by atoms with Crippen LogP contribution in [0.2, 0.25) is 0 Å². The van der Waals surface area contributed by atoms with E-state index in [2.05, 4.69) is 10.3 Å². The molecule has 0 atom stereocenters. The Balaban J connectivity index is 2.70. The minimum atomic E-state index is -2.21. The number of rotatable bonds is 2. The highest BCUT2D eigenvalue weighted by Crippen LogP contribution is 2.09. The zero-order chi connectivity index (χ0) is 9.90. The summed E-state index contributed by atoms with van der Waals surface area (Å²) in [5, 5.41) is 2.27. The fourth-order valence-electron chi connectivity index (χ4n) is 0.575. The summed E-state index contributed by atoms with van der Waals surface area (Å²) in [7, 11) is 1.52. The Morgan fingerprint density at radius 1 is 1.70 bits per heavy atom. The van der Waals surface area contributed by atoms with E-state index in [9.17, 15) is 0 Å². The van der Waals surface area contributed by atoms with Crippen molar-refractivity contribution in [1.29, 1.82) is 0 Å². The normalized spacial score (nSPS) is 14.7. The van der Waals surface area contributed by atoms with Crippen LogP contribution in [-0.2, 0) is 0 Å². The first-order valence-electron chi connectivity index (χ1n) is 4.29. The molecule has 0 aliphatic carbocycles. The lowest BCUT2D eigenvalue weighted by Gasteiger charge is -1.99. The smallest absolute Gasteiger partial charge is 0.137 e. The average Bonchev–Trinajstić information content (AvgIpc) is 2.03. The van der Waals surface area contributed by atoms with Crippen molar-refractivity contribution in [2.75, 3.05) is 19.4 Å². The first-order chi connectivity index (χ1) is 6.01. The summed E-state index contributed by atoms with van der Waals surface area (Å²) in [5.74, 6) is 0.900. The number of ether oxygens (including phenoxy) is 1. The van der Waals surface area contributed by atoms with Crippen molar-refractivity contribution in [3.8, 4) is 5.75 Å². The van der Waals surface area contributed by atoms with E-state index in [1.165, 1.54) is 13.3 Å². The first-order valence-corrected chi connectivity index (χ1v) is 2.79. The molecule has 1 aromatic rings. The van der Waals surface area contributed by atoms with Gasteiger partial charge >= 0.3 is 0 Å². The molecule has 0 saturated heterocycles. The average molecular weight is 141 g/mol. The third-order valence-electron chi connectivity index (χ3n) is 1.10. The molecule has 1 rings (SSSR count). The maximum atomic E-state index is 6.92. The second-order valence-electron chi connectivity index (χ2n) is 1.71. The summed E-state index contributed by atoms with van der Waals surface area (Å²) in [6.07, 6.45) is 1.45. The molecule has 1 aromatic heterocycles. The topological polar surface area (TPSA) is 34.1 Å². The van der Waals surface area contributed by atoms with Gasteiger partial charge in [0.2, 0.25) is 0 Å². The Bertz CT molecular complexity index is 270. The monoisotopic (exact) mass is 141 g/mol. The van der Waals surface area contributed by atoms with E-state index >= 15 is 0 Å². The first kappa shape index (κ1) is 3.81. The molecule has 0 fully saturated rings. The Hall–Kier alpha value is -1.25. The number of hydrogen-bond donors (Lipinski definition) is 1. The SMILES string of the molecule is [2H]C([2H])([2H])Nc1ccc(OC)cn1. The second-order valence-corrected chi connectivity index (χ2v) is 1.71. The molecule has 0 radical (unpaired) electrons. The van der Waals surface area contributed by atoms with E-state index in [-0.39, 0.29) is 0 Å². The number of methoxy groups -OCH3 is 1. The summed E-state index contributed by atoms with van der Waals surface area (Å²) < 4.78 is 25.6. The van der Waals surface area contributed by atoms with Crippen molar-refractivity contribution in [3.63, 3.8) is 0 Å². The number of aromatic nitrogens is 1. The highest BCUT2D eigenvalue weighted by molar-refractivity contribution is 5.36. The van der Waals surface area contributed by atoms with Crippen LogP contribution >= 0.6 is 0 Å². The van der Waals surface area contributed by atoms with Crippen molar-refractivity contribution in [3.05, 3.63) is 18.3 Å². The lowest BCUT2D eigenvalue weighted by molar-refractivity contribution is 0.413. The summed E-state index contributed by atoms with van der Waals surface area (Å²) in [4.78, 5) is 3.84. The van der Waals surface area contributed by atoms with Gasteiger partial charge in [0.1, 0.15) is 11.6 Å². The number of nitrogens with zero attached hydrogens (tertiary/aromatic N) is 1. The molecule has 0 spiro atoms. The predicted octanol–water partition coefficient (Wildman–Crippen LogP) is 1.13. The van der Waals surface area contributed by atoms with Crippen LogP contribution in [0, 0.1) is 0 Å². The van der Waals surface area contributed by atoms with Gasteiger partial charge in [-0.25, -0.2) is 4.98 Å². The van der Waals surface area contributed by atoms with Crippen LogP contribution < -0.4 is 10.1 Å². The van der Waals surface area contributed by atoms with Gasteiger partial charge in [-0.05, 0) is 12.1 Å². The molecule has 0 aliphatic rings. The zero-order valence-electron chi connectivity index (χ0n) is 8.59. The van der Waals surface area contributed by atoms with E-state index in [0.717, 1.165) is 0 Å². The van der Waals surface area contributed by atoms with Crippen LogP contribution in [0.1, 0.15) is 4.11 Å². The molecule has 3 nitrogen and oxygen atoms in total. The van der Waals surface area contributed by atoms with Crippen LogP contribution in [0.5, 0.6) is 5.75 Å². The molecule has 1 N–H and O–H groups in total. The van der Waals surface area contributed by atoms with E-state index in [4.69, 9.17) is 8.85 Å². The van der Waals surface area contributed by atoms with Crippen LogP contribution in [0.15, 0.2) is 18.3 Å². The molecule has 1 heterocycles. The van der Waals surface area contributed by atoms with Crippen LogP contribution in [0.4, 0.5) is 5.82 Å². The van der Waals surface area contributed by atoms with E-state index in [1.807, 2.05) is 0 Å². The molecule has 54 valence electrons. The van der Waals surface area contributed by atoms with E-state index < -0.39 is 6.98 Å². The van der Waals surface area contributed by atoms with E-state index in [0.29, 0.717) is 11.6 Å². The predicted molar refractivity (Wildman–Crippen MR) is 40.3 cm³/mol. The van der Waals surface area contributed by atoms with Crippen molar-refractivity contribution in [1.82, 2.24) is 4.98 Å².